The first-order valence-electron chi connectivity index (χ1n) is 6.89. The van der Waals surface area contributed by atoms with Gasteiger partial charge in [0.2, 0.25) is 10.0 Å². The number of carbonyl (C=O) groups is 2. The molecule has 0 saturated carbocycles. The maximum Gasteiger partial charge on any atom is 0.338 e. The smallest absolute Gasteiger partial charge is 0.338 e. The average molecular weight is 384 g/mol. The number of carbonyl (C=O) groups excluding carboxylic acids is 2. The largest absolute Gasteiger partial charge is 0.465 e. The molecule has 132 valence electrons. The van der Waals surface area contributed by atoms with Crippen LogP contribution in [0.4, 0.5) is 0 Å². The first-order valence-corrected chi connectivity index (χ1v) is 8.81. The Morgan fingerprint density at radius 1 is 1.08 bits per heavy atom. The molecule has 2 N–H and O–H groups in total. The van der Waals surface area contributed by atoms with Crippen molar-refractivity contribution in [3.63, 3.8) is 0 Å². The minimum Gasteiger partial charge on any atom is -0.465 e. The lowest BCUT2D eigenvalue weighted by atomic mass is 10.1. The number of ether oxygens (including phenoxy) is 2. The maximum absolute atomic E-state index is 12.1. The molecular formula is C16H14ClNO6S. The molecule has 0 aromatic heterocycles. The van der Waals surface area contributed by atoms with Gasteiger partial charge in [-0.2, -0.15) is 0 Å². The van der Waals surface area contributed by atoms with E-state index in [1.165, 1.54) is 25.3 Å². The summed E-state index contributed by atoms with van der Waals surface area (Å²) in [5.41, 5.74) is 0.869. The molecule has 2 aromatic carbocycles. The number of hydrogen-bond acceptors (Lipinski definition) is 6. The van der Waals surface area contributed by atoms with E-state index in [2.05, 4.69) is 4.74 Å². The van der Waals surface area contributed by atoms with Crippen LogP contribution in [0.2, 0.25) is 5.02 Å². The summed E-state index contributed by atoms with van der Waals surface area (Å²) in [5, 5.41) is 4.95. The van der Waals surface area contributed by atoms with E-state index in [1.807, 2.05) is 0 Å². The first kappa shape index (κ1) is 18.9. The highest BCUT2D eigenvalue weighted by molar-refractivity contribution is 7.89. The molecular weight excluding hydrogens is 370 g/mol. The van der Waals surface area contributed by atoms with E-state index in [-0.39, 0.29) is 22.1 Å². The van der Waals surface area contributed by atoms with E-state index in [1.54, 1.807) is 18.2 Å². The van der Waals surface area contributed by atoms with Gasteiger partial charge in [-0.15, -0.1) is 0 Å². The van der Waals surface area contributed by atoms with E-state index in [4.69, 9.17) is 21.5 Å². The molecule has 2 rings (SSSR count). The van der Waals surface area contributed by atoms with Gasteiger partial charge in [-0.05, 0) is 35.9 Å². The molecule has 0 radical (unpaired) electrons. The monoisotopic (exact) mass is 383 g/mol. The van der Waals surface area contributed by atoms with Crippen LogP contribution < -0.4 is 5.14 Å². The fourth-order valence-electron chi connectivity index (χ4n) is 1.99. The molecule has 25 heavy (non-hydrogen) atoms. The molecule has 0 spiro atoms. The Labute approximate surface area is 149 Å². The third kappa shape index (κ3) is 4.79. The molecule has 2 aromatic rings. The van der Waals surface area contributed by atoms with Gasteiger partial charge in [0, 0.05) is 0 Å². The second kappa shape index (κ2) is 7.64. The highest BCUT2D eigenvalue weighted by Crippen LogP contribution is 2.22. The number of benzene rings is 2. The minimum atomic E-state index is -4.07. The highest BCUT2D eigenvalue weighted by Gasteiger charge is 2.17. The van der Waals surface area contributed by atoms with Crippen LogP contribution in [0.5, 0.6) is 0 Å². The Balaban J connectivity index is 2.15. The van der Waals surface area contributed by atoms with Gasteiger partial charge in [0.15, 0.2) is 0 Å². The summed E-state index contributed by atoms with van der Waals surface area (Å²) in [5.74, 6) is -1.27. The van der Waals surface area contributed by atoms with Crippen molar-refractivity contribution in [2.45, 2.75) is 11.5 Å². The molecule has 0 fully saturated rings. The van der Waals surface area contributed by atoms with Gasteiger partial charge in [-0.25, -0.2) is 23.1 Å². The first-order chi connectivity index (χ1) is 11.7. The van der Waals surface area contributed by atoms with Crippen LogP contribution in [-0.4, -0.2) is 27.5 Å². The minimum absolute atomic E-state index is 0.0162. The molecule has 7 nitrogen and oxygen atoms in total. The number of sulfonamides is 1. The van der Waals surface area contributed by atoms with E-state index in [9.17, 15) is 18.0 Å². The molecule has 0 bridgehead atoms. The quantitative estimate of drug-likeness (QED) is 0.791. The van der Waals surface area contributed by atoms with Gasteiger partial charge in [0.1, 0.15) is 11.5 Å². The van der Waals surface area contributed by atoms with Crippen LogP contribution in [0, 0.1) is 0 Å². The Morgan fingerprint density at radius 2 is 1.76 bits per heavy atom. The van der Waals surface area contributed by atoms with Crippen LogP contribution in [0.15, 0.2) is 47.4 Å². The molecule has 9 heteroatoms. The summed E-state index contributed by atoms with van der Waals surface area (Å²) in [4.78, 5) is 23.2. The molecule has 0 amide bonds. The summed E-state index contributed by atoms with van der Waals surface area (Å²) < 4.78 is 32.6. The van der Waals surface area contributed by atoms with Crippen LogP contribution in [0.25, 0.3) is 0 Å². The number of methoxy groups -OCH3 is 1. The molecule has 0 saturated heterocycles. The number of rotatable bonds is 5. The van der Waals surface area contributed by atoms with Crippen molar-refractivity contribution in [2.75, 3.05) is 7.11 Å². The summed E-state index contributed by atoms with van der Waals surface area (Å²) in [6, 6.07) is 9.99. The van der Waals surface area contributed by atoms with E-state index in [0.717, 1.165) is 6.07 Å². The normalized spacial score (nSPS) is 11.0. The third-order valence-electron chi connectivity index (χ3n) is 3.19. The molecule has 0 aliphatic rings. The summed E-state index contributed by atoms with van der Waals surface area (Å²) in [7, 11) is -2.80. The zero-order chi connectivity index (χ0) is 18.6. The van der Waals surface area contributed by atoms with E-state index >= 15 is 0 Å². The van der Waals surface area contributed by atoms with Gasteiger partial charge in [0.25, 0.3) is 0 Å². The number of primary sulfonamides is 1. The summed E-state index contributed by atoms with van der Waals surface area (Å²) >= 11 is 5.76. The van der Waals surface area contributed by atoms with Crippen LogP contribution >= 0.6 is 11.6 Å². The fourth-order valence-corrected chi connectivity index (χ4v) is 3.06. The van der Waals surface area contributed by atoms with Gasteiger partial charge < -0.3 is 9.47 Å². The lowest BCUT2D eigenvalue weighted by Crippen LogP contribution is -2.14. The van der Waals surface area contributed by atoms with Crippen molar-refractivity contribution in [3.8, 4) is 0 Å². The molecule has 0 heterocycles. The second-order valence-corrected chi connectivity index (χ2v) is 6.90. The summed E-state index contributed by atoms with van der Waals surface area (Å²) in [6.45, 7) is -0.114. The van der Waals surface area contributed by atoms with Crippen molar-refractivity contribution >= 4 is 33.6 Å². The summed E-state index contributed by atoms with van der Waals surface area (Å²) in [6.07, 6.45) is 0. The lowest BCUT2D eigenvalue weighted by Gasteiger charge is -2.08. The molecule has 0 unspecified atom stereocenters. The Kier molecular flexibility index (Phi) is 5.78. The van der Waals surface area contributed by atoms with Crippen molar-refractivity contribution in [2.24, 2.45) is 5.14 Å². The van der Waals surface area contributed by atoms with E-state index in [0.29, 0.717) is 11.1 Å². The SMILES string of the molecule is COC(=O)c1cccc(COC(=O)c2ccc(Cl)c(S(N)(=O)=O)c2)c1. The average Bonchev–Trinajstić information content (AvgIpc) is 2.58. The van der Waals surface area contributed by atoms with Gasteiger partial charge in [-0.1, -0.05) is 23.7 Å². The van der Waals surface area contributed by atoms with Gasteiger partial charge >= 0.3 is 11.9 Å². The number of esters is 2. The Morgan fingerprint density at radius 3 is 2.40 bits per heavy atom. The number of hydrogen-bond donors (Lipinski definition) is 1. The topological polar surface area (TPSA) is 113 Å². The van der Waals surface area contributed by atoms with Crippen molar-refractivity contribution in [1.82, 2.24) is 0 Å². The van der Waals surface area contributed by atoms with Crippen LogP contribution in [-0.2, 0) is 26.1 Å². The maximum atomic E-state index is 12.1. The Bertz CT molecular complexity index is 926. The van der Waals surface area contributed by atoms with Crippen molar-refractivity contribution in [3.05, 3.63) is 64.2 Å². The molecule has 0 atom stereocenters. The Hall–Kier alpha value is -2.42. The zero-order valence-corrected chi connectivity index (χ0v) is 14.6. The third-order valence-corrected chi connectivity index (χ3v) is 4.58. The highest BCUT2D eigenvalue weighted by atomic mass is 35.5. The van der Waals surface area contributed by atoms with Gasteiger partial charge in [-0.3, -0.25) is 0 Å². The standard InChI is InChI=1S/C16H14ClNO6S/c1-23-15(19)11-4-2-3-10(7-11)9-24-16(20)12-5-6-13(17)14(8-12)25(18,21)22/h2-8H,9H2,1H3,(H2,18,21,22). The number of halogens is 1. The zero-order valence-electron chi connectivity index (χ0n) is 13.1. The van der Waals surface area contributed by atoms with Crippen LogP contribution in [0.3, 0.4) is 0 Å². The molecule has 0 aliphatic carbocycles. The van der Waals surface area contributed by atoms with Crippen LogP contribution in [0.1, 0.15) is 26.3 Å². The number of nitrogens with two attached hydrogens (primary N) is 1. The lowest BCUT2D eigenvalue weighted by molar-refractivity contribution is 0.0472. The van der Waals surface area contributed by atoms with E-state index < -0.39 is 22.0 Å². The predicted molar refractivity (Wildman–Crippen MR) is 89.7 cm³/mol. The van der Waals surface area contributed by atoms with Crippen molar-refractivity contribution in [1.29, 1.82) is 0 Å². The molecule has 0 aliphatic heterocycles. The predicted octanol–water partition coefficient (Wildman–Crippen LogP) is 2.13. The fraction of sp³-hybridized carbons (Fsp3) is 0.125. The van der Waals surface area contributed by atoms with Crippen molar-refractivity contribution < 1.29 is 27.5 Å². The second-order valence-electron chi connectivity index (χ2n) is 4.96. The van der Waals surface area contributed by atoms with Gasteiger partial charge in [0.05, 0.1) is 23.3 Å².